The summed E-state index contributed by atoms with van der Waals surface area (Å²) in [5.41, 5.74) is 15.4. The lowest BCUT2D eigenvalue weighted by Gasteiger charge is -2.10. The van der Waals surface area contributed by atoms with Crippen LogP contribution >= 0.6 is 11.8 Å². The number of benzene rings is 2. The van der Waals surface area contributed by atoms with Crippen LogP contribution in [0.5, 0.6) is 0 Å². The van der Waals surface area contributed by atoms with E-state index in [2.05, 4.69) is 6.07 Å². The third kappa shape index (κ3) is 1.99. The van der Waals surface area contributed by atoms with Gasteiger partial charge in [0.1, 0.15) is 0 Å². The first-order valence-corrected chi connectivity index (χ1v) is 6.23. The highest BCUT2D eigenvalue weighted by molar-refractivity contribution is 7.98. The maximum absolute atomic E-state index is 5.98. The van der Waals surface area contributed by atoms with Crippen LogP contribution in [0.15, 0.2) is 47.4 Å². The smallest absolute Gasteiger partial charge is 0.0395 e. The van der Waals surface area contributed by atoms with Gasteiger partial charge in [0.05, 0.1) is 0 Å². The molecule has 16 heavy (non-hydrogen) atoms. The zero-order chi connectivity index (χ0) is 11.5. The number of thioether (sulfide) groups is 1. The molecule has 0 spiro atoms. The maximum Gasteiger partial charge on any atom is 0.0395 e. The second-order valence-electron chi connectivity index (χ2n) is 3.54. The third-order valence-electron chi connectivity index (χ3n) is 2.51. The van der Waals surface area contributed by atoms with Gasteiger partial charge in [-0.25, -0.2) is 0 Å². The first kappa shape index (κ1) is 10.9. The molecule has 0 aliphatic rings. The fourth-order valence-electron chi connectivity index (χ4n) is 1.64. The van der Waals surface area contributed by atoms with E-state index < -0.39 is 0 Å². The third-order valence-corrected chi connectivity index (χ3v) is 3.24. The van der Waals surface area contributed by atoms with Crippen molar-refractivity contribution in [3.05, 3.63) is 42.5 Å². The van der Waals surface area contributed by atoms with E-state index in [9.17, 15) is 0 Å². The second-order valence-corrected chi connectivity index (χ2v) is 4.42. The van der Waals surface area contributed by atoms with E-state index in [1.807, 2.05) is 42.7 Å². The minimum absolute atomic E-state index is 0.757. The lowest BCUT2D eigenvalue weighted by Crippen LogP contribution is -1.94. The zero-order valence-corrected chi connectivity index (χ0v) is 9.92. The lowest BCUT2D eigenvalue weighted by atomic mass is 10.0. The van der Waals surface area contributed by atoms with Gasteiger partial charge in [0.25, 0.3) is 0 Å². The van der Waals surface area contributed by atoms with Gasteiger partial charge in [-0.2, -0.15) is 0 Å². The van der Waals surface area contributed by atoms with Crippen LogP contribution in [0.3, 0.4) is 0 Å². The molecule has 0 unspecified atom stereocenters. The molecule has 0 saturated heterocycles. The normalized spacial score (nSPS) is 10.3. The highest BCUT2D eigenvalue weighted by Crippen LogP contribution is 2.33. The Labute approximate surface area is 99.7 Å². The van der Waals surface area contributed by atoms with E-state index in [1.165, 1.54) is 4.90 Å². The van der Waals surface area contributed by atoms with Crippen LogP contribution in [0.2, 0.25) is 0 Å². The summed E-state index contributed by atoms with van der Waals surface area (Å²) in [4.78, 5) is 1.19. The van der Waals surface area contributed by atoms with Crippen molar-refractivity contribution in [2.24, 2.45) is 0 Å². The molecule has 0 saturated carbocycles. The highest BCUT2D eigenvalue weighted by Gasteiger charge is 2.06. The van der Waals surface area contributed by atoms with Crippen LogP contribution in [-0.4, -0.2) is 6.26 Å². The fourth-order valence-corrected chi connectivity index (χ4v) is 2.08. The molecule has 0 radical (unpaired) electrons. The van der Waals surface area contributed by atoms with Crippen molar-refractivity contribution in [1.82, 2.24) is 0 Å². The SMILES string of the molecule is CSc1ccc(N)c(-c2ccccc2N)c1. The summed E-state index contributed by atoms with van der Waals surface area (Å²) in [5.74, 6) is 0. The van der Waals surface area contributed by atoms with Crippen LogP contribution in [0.1, 0.15) is 0 Å². The molecular formula is C13H14N2S. The predicted octanol–water partition coefficient (Wildman–Crippen LogP) is 3.24. The number of rotatable bonds is 2. The Balaban J connectivity index is 2.59. The first-order valence-electron chi connectivity index (χ1n) is 5.01. The van der Waals surface area contributed by atoms with E-state index in [0.29, 0.717) is 0 Å². The monoisotopic (exact) mass is 230 g/mol. The van der Waals surface area contributed by atoms with Crippen molar-refractivity contribution >= 4 is 23.1 Å². The van der Waals surface area contributed by atoms with Crippen LogP contribution in [0, 0.1) is 0 Å². The lowest BCUT2D eigenvalue weighted by molar-refractivity contribution is 1.46. The molecule has 0 aliphatic heterocycles. The van der Waals surface area contributed by atoms with Crippen molar-refractivity contribution < 1.29 is 0 Å². The minimum Gasteiger partial charge on any atom is -0.398 e. The average molecular weight is 230 g/mol. The Hall–Kier alpha value is -1.61. The van der Waals surface area contributed by atoms with Crippen LogP contribution < -0.4 is 11.5 Å². The van der Waals surface area contributed by atoms with E-state index in [1.54, 1.807) is 11.8 Å². The number of hydrogen-bond acceptors (Lipinski definition) is 3. The first-order chi connectivity index (χ1) is 7.72. The molecule has 2 rings (SSSR count). The zero-order valence-electron chi connectivity index (χ0n) is 9.10. The van der Waals surface area contributed by atoms with Gasteiger partial charge in [-0.05, 0) is 30.5 Å². The number of nitrogen functional groups attached to an aromatic ring is 2. The highest BCUT2D eigenvalue weighted by atomic mass is 32.2. The summed E-state index contributed by atoms with van der Waals surface area (Å²) in [5, 5.41) is 0. The quantitative estimate of drug-likeness (QED) is 0.615. The summed E-state index contributed by atoms with van der Waals surface area (Å²) in [6.07, 6.45) is 2.05. The fraction of sp³-hybridized carbons (Fsp3) is 0.0769. The molecule has 2 aromatic carbocycles. The number of para-hydroxylation sites is 1. The van der Waals surface area contributed by atoms with Crippen LogP contribution in [-0.2, 0) is 0 Å². The topological polar surface area (TPSA) is 52.0 Å². The minimum atomic E-state index is 0.757. The van der Waals surface area contributed by atoms with Gasteiger partial charge in [-0.1, -0.05) is 18.2 Å². The number of hydrogen-bond donors (Lipinski definition) is 2. The van der Waals surface area contributed by atoms with Gasteiger partial charge in [0, 0.05) is 27.4 Å². The Kier molecular flexibility index (Phi) is 3.06. The molecule has 82 valence electrons. The van der Waals surface area contributed by atoms with E-state index in [4.69, 9.17) is 11.5 Å². The largest absolute Gasteiger partial charge is 0.398 e. The molecule has 3 heteroatoms. The van der Waals surface area contributed by atoms with Crippen molar-refractivity contribution in [3.8, 4) is 11.1 Å². The summed E-state index contributed by atoms with van der Waals surface area (Å²) >= 11 is 1.70. The molecule has 0 bridgehead atoms. The molecule has 0 heterocycles. The molecule has 2 aromatic rings. The Bertz CT molecular complexity index is 509. The van der Waals surface area contributed by atoms with E-state index >= 15 is 0 Å². The van der Waals surface area contributed by atoms with Gasteiger partial charge in [0.2, 0.25) is 0 Å². The summed E-state index contributed by atoms with van der Waals surface area (Å²) < 4.78 is 0. The van der Waals surface area contributed by atoms with Gasteiger partial charge in [-0.3, -0.25) is 0 Å². The molecular weight excluding hydrogens is 216 g/mol. The molecule has 0 fully saturated rings. The van der Waals surface area contributed by atoms with Gasteiger partial charge in [0.15, 0.2) is 0 Å². The molecule has 0 amide bonds. The molecule has 0 aliphatic carbocycles. The Morgan fingerprint density at radius 3 is 2.25 bits per heavy atom. The van der Waals surface area contributed by atoms with Crippen molar-refractivity contribution in [3.63, 3.8) is 0 Å². The predicted molar refractivity (Wildman–Crippen MR) is 72.5 cm³/mol. The van der Waals surface area contributed by atoms with Crippen molar-refractivity contribution in [2.45, 2.75) is 4.90 Å². The number of anilines is 2. The molecule has 0 aromatic heterocycles. The summed E-state index contributed by atoms with van der Waals surface area (Å²) in [6.45, 7) is 0. The number of nitrogens with two attached hydrogens (primary N) is 2. The maximum atomic E-state index is 5.98. The van der Waals surface area contributed by atoms with Crippen LogP contribution in [0.4, 0.5) is 11.4 Å². The van der Waals surface area contributed by atoms with Crippen molar-refractivity contribution in [1.29, 1.82) is 0 Å². The van der Waals surface area contributed by atoms with Gasteiger partial charge >= 0.3 is 0 Å². The van der Waals surface area contributed by atoms with Gasteiger partial charge in [-0.15, -0.1) is 11.8 Å². The Morgan fingerprint density at radius 1 is 0.875 bits per heavy atom. The van der Waals surface area contributed by atoms with Crippen molar-refractivity contribution in [2.75, 3.05) is 17.7 Å². The summed E-state index contributed by atoms with van der Waals surface area (Å²) in [6, 6.07) is 13.8. The van der Waals surface area contributed by atoms with E-state index in [-0.39, 0.29) is 0 Å². The molecule has 4 N–H and O–H groups in total. The second kappa shape index (κ2) is 4.49. The van der Waals surface area contributed by atoms with E-state index in [0.717, 1.165) is 22.5 Å². The average Bonchev–Trinajstić information content (AvgIpc) is 2.31. The molecule has 0 atom stereocenters. The summed E-state index contributed by atoms with van der Waals surface area (Å²) in [7, 11) is 0. The standard InChI is InChI=1S/C13H14N2S/c1-16-9-6-7-13(15)11(8-9)10-4-2-3-5-12(10)14/h2-8H,14-15H2,1H3. The molecule has 2 nitrogen and oxygen atoms in total. The Morgan fingerprint density at radius 2 is 1.56 bits per heavy atom. The van der Waals surface area contributed by atoms with Gasteiger partial charge < -0.3 is 11.5 Å². The van der Waals surface area contributed by atoms with Crippen LogP contribution in [0.25, 0.3) is 11.1 Å².